The van der Waals surface area contributed by atoms with Gasteiger partial charge in [0.2, 0.25) is 5.82 Å². The molecule has 1 unspecified atom stereocenters. The zero-order valence-electron chi connectivity index (χ0n) is 10.9. The minimum Gasteiger partial charge on any atom is -0.482 e. The minimum absolute atomic E-state index is 0.109. The lowest BCUT2D eigenvalue weighted by Crippen LogP contribution is -2.15. The van der Waals surface area contributed by atoms with Crippen molar-refractivity contribution in [2.45, 2.75) is 32.3 Å². The first kappa shape index (κ1) is 14.8. The molecule has 108 valence electrons. The summed E-state index contributed by atoms with van der Waals surface area (Å²) < 4.78 is 34.1. The van der Waals surface area contributed by atoms with E-state index in [0.29, 0.717) is 10.3 Å². The molecule has 1 atom stereocenters. The second kappa shape index (κ2) is 5.82. The predicted octanol–water partition coefficient (Wildman–Crippen LogP) is 3.60. The van der Waals surface area contributed by atoms with Gasteiger partial charge in [-0.3, -0.25) is 0 Å². The summed E-state index contributed by atoms with van der Waals surface area (Å²) >= 11 is 3.19. The molecule has 0 aliphatic carbocycles. The van der Waals surface area contributed by atoms with Crippen molar-refractivity contribution in [2.24, 2.45) is 0 Å². The number of H-pyrrole nitrogens is 1. The number of nitrogens with zero attached hydrogens (tertiary/aromatic N) is 3. The van der Waals surface area contributed by atoms with Gasteiger partial charge < -0.3 is 4.74 Å². The lowest BCUT2D eigenvalue weighted by atomic mass is 10.1. The van der Waals surface area contributed by atoms with Crippen LogP contribution in [0.3, 0.4) is 0 Å². The Morgan fingerprint density at radius 3 is 2.80 bits per heavy atom. The zero-order valence-corrected chi connectivity index (χ0v) is 12.5. The van der Waals surface area contributed by atoms with E-state index in [0.717, 1.165) is 0 Å². The zero-order chi connectivity index (χ0) is 14.8. The fourth-order valence-electron chi connectivity index (χ4n) is 1.67. The first-order chi connectivity index (χ1) is 9.44. The summed E-state index contributed by atoms with van der Waals surface area (Å²) in [5, 5.41) is 13.3. The lowest BCUT2D eigenvalue weighted by molar-refractivity contribution is -0.0120. The van der Waals surface area contributed by atoms with Crippen LogP contribution in [0.4, 0.5) is 8.78 Å². The van der Waals surface area contributed by atoms with Crippen LogP contribution in [-0.2, 0) is 5.92 Å². The summed E-state index contributed by atoms with van der Waals surface area (Å²) in [6.45, 7) is 3.09. The Balaban J connectivity index is 2.32. The van der Waals surface area contributed by atoms with Crippen LogP contribution in [0, 0.1) is 0 Å². The van der Waals surface area contributed by atoms with Crippen LogP contribution in [0.2, 0.25) is 0 Å². The Bertz CT molecular complexity index is 577. The van der Waals surface area contributed by atoms with Gasteiger partial charge >= 0.3 is 0 Å². The van der Waals surface area contributed by atoms with Crippen LogP contribution in [-0.4, -0.2) is 20.6 Å². The van der Waals surface area contributed by atoms with Gasteiger partial charge in [-0.25, -0.2) is 8.78 Å². The summed E-state index contributed by atoms with van der Waals surface area (Å²) in [4.78, 5) is 0. The summed E-state index contributed by atoms with van der Waals surface area (Å²) in [7, 11) is 0. The Morgan fingerprint density at radius 2 is 2.20 bits per heavy atom. The number of aromatic nitrogens is 4. The highest BCUT2D eigenvalue weighted by Crippen LogP contribution is 2.40. The molecule has 5 nitrogen and oxygen atoms in total. The van der Waals surface area contributed by atoms with Gasteiger partial charge in [-0.1, -0.05) is 28.1 Å². The molecule has 2 rings (SSSR count). The highest BCUT2D eigenvalue weighted by atomic mass is 79.9. The average Bonchev–Trinajstić information content (AvgIpc) is 2.94. The fourth-order valence-corrected chi connectivity index (χ4v) is 2.03. The maximum Gasteiger partial charge on any atom is 0.276 e. The molecule has 0 aliphatic heterocycles. The molecular formula is C12H13BrF2N4O. The maximum absolute atomic E-state index is 14.0. The molecule has 1 N–H and O–H groups in total. The van der Waals surface area contributed by atoms with Crippen LogP contribution in [0.15, 0.2) is 22.7 Å². The maximum atomic E-state index is 14.0. The van der Waals surface area contributed by atoms with E-state index in [1.807, 2.05) is 0 Å². The van der Waals surface area contributed by atoms with Crippen molar-refractivity contribution >= 4 is 15.9 Å². The van der Waals surface area contributed by atoms with E-state index in [2.05, 4.69) is 36.6 Å². The van der Waals surface area contributed by atoms with E-state index in [4.69, 9.17) is 4.74 Å². The number of hydrogen-bond donors (Lipinski definition) is 1. The molecule has 2 aromatic rings. The van der Waals surface area contributed by atoms with E-state index < -0.39 is 12.0 Å². The molecular weight excluding hydrogens is 334 g/mol. The number of halogens is 3. The molecule has 0 saturated heterocycles. The van der Waals surface area contributed by atoms with Gasteiger partial charge in [0.1, 0.15) is 5.75 Å². The monoisotopic (exact) mass is 346 g/mol. The van der Waals surface area contributed by atoms with E-state index >= 15 is 0 Å². The van der Waals surface area contributed by atoms with Gasteiger partial charge in [0.25, 0.3) is 5.92 Å². The fraction of sp³-hybridized carbons (Fsp3) is 0.417. The largest absolute Gasteiger partial charge is 0.482 e. The van der Waals surface area contributed by atoms with Gasteiger partial charge in [0, 0.05) is 10.9 Å². The van der Waals surface area contributed by atoms with E-state index in [-0.39, 0.29) is 17.7 Å². The SMILES string of the molecule is CCC(F)(F)c1cc(Br)ccc1OC(C)c1nn[nH]n1. The van der Waals surface area contributed by atoms with E-state index in [9.17, 15) is 8.78 Å². The normalized spacial score (nSPS) is 13.2. The van der Waals surface area contributed by atoms with Gasteiger partial charge in [-0.2, -0.15) is 5.21 Å². The molecule has 0 saturated carbocycles. The Labute approximate surface area is 122 Å². The Kier molecular flexibility index (Phi) is 4.32. The third-order valence-electron chi connectivity index (χ3n) is 2.81. The second-order valence-electron chi connectivity index (χ2n) is 4.23. The lowest BCUT2D eigenvalue weighted by Gasteiger charge is -2.20. The van der Waals surface area contributed by atoms with Gasteiger partial charge in [0.15, 0.2) is 6.10 Å². The first-order valence-electron chi connectivity index (χ1n) is 6.02. The summed E-state index contributed by atoms with van der Waals surface area (Å²) in [6.07, 6.45) is -0.891. The number of nitrogens with one attached hydrogen (secondary N) is 1. The quantitative estimate of drug-likeness (QED) is 0.898. The third kappa shape index (κ3) is 3.12. The van der Waals surface area contributed by atoms with Crippen molar-refractivity contribution in [3.63, 3.8) is 0 Å². The van der Waals surface area contributed by atoms with Gasteiger partial charge in [0.05, 0.1) is 5.56 Å². The van der Waals surface area contributed by atoms with Crippen molar-refractivity contribution in [1.82, 2.24) is 20.6 Å². The highest BCUT2D eigenvalue weighted by molar-refractivity contribution is 9.10. The summed E-state index contributed by atoms with van der Waals surface area (Å²) in [5.41, 5.74) is -0.162. The summed E-state index contributed by atoms with van der Waals surface area (Å²) in [6, 6.07) is 4.51. The van der Waals surface area contributed by atoms with Crippen LogP contribution in [0.1, 0.15) is 37.8 Å². The average molecular weight is 347 g/mol. The Hall–Kier alpha value is -1.57. The van der Waals surface area contributed by atoms with Crippen LogP contribution < -0.4 is 4.74 Å². The smallest absolute Gasteiger partial charge is 0.276 e. The topological polar surface area (TPSA) is 63.7 Å². The number of aromatic amines is 1. The van der Waals surface area contributed by atoms with Crippen molar-refractivity contribution < 1.29 is 13.5 Å². The van der Waals surface area contributed by atoms with Gasteiger partial charge in [-0.05, 0) is 25.1 Å². The number of benzene rings is 1. The van der Waals surface area contributed by atoms with Gasteiger partial charge in [-0.15, -0.1) is 10.2 Å². The van der Waals surface area contributed by atoms with Crippen LogP contribution in [0.25, 0.3) is 0 Å². The molecule has 0 spiro atoms. The van der Waals surface area contributed by atoms with E-state index in [1.54, 1.807) is 13.0 Å². The number of rotatable bonds is 5. The standard InChI is InChI=1S/C12H13BrF2N4O/c1-3-12(14,15)9-6-8(13)4-5-10(9)20-7(2)11-16-18-19-17-11/h4-7H,3H2,1-2H3,(H,16,17,18,19). The summed E-state index contributed by atoms with van der Waals surface area (Å²) in [5.74, 6) is -2.55. The molecule has 0 radical (unpaired) electrons. The Morgan fingerprint density at radius 1 is 1.45 bits per heavy atom. The van der Waals surface area contributed by atoms with Crippen molar-refractivity contribution in [3.05, 3.63) is 34.1 Å². The molecule has 0 amide bonds. The molecule has 1 heterocycles. The number of tetrazole rings is 1. The molecule has 0 fully saturated rings. The highest BCUT2D eigenvalue weighted by Gasteiger charge is 2.33. The van der Waals surface area contributed by atoms with E-state index in [1.165, 1.54) is 19.1 Å². The molecule has 0 bridgehead atoms. The second-order valence-corrected chi connectivity index (χ2v) is 5.14. The van der Waals surface area contributed by atoms with Crippen molar-refractivity contribution in [2.75, 3.05) is 0 Å². The molecule has 0 aliphatic rings. The number of hydrogen-bond acceptors (Lipinski definition) is 4. The van der Waals surface area contributed by atoms with Crippen LogP contribution >= 0.6 is 15.9 Å². The molecule has 1 aromatic heterocycles. The van der Waals surface area contributed by atoms with Crippen molar-refractivity contribution in [1.29, 1.82) is 0 Å². The molecule has 20 heavy (non-hydrogen) atoms. The minimum atomic E-state index is -2.96. The predicted molar refractivity (Wildman–Crippen MR) is 71.5 cm³/mol. The van der Waals surface area contributed by atoms with Crippen LogP contribution in [0.5, 0.6) is 5.75 Å². The van der Waals surface area contributed by atoms with Crippen molar-refractivity contribution in [3.8, 4) is 5.75 Å². The third-order valence-corrected chi connectivity index (χ3v) is 3.30. The molecule has 1 aromatic carbocycles. The molecule has 8 heteroatoms. The number of alkyl halides is 2. The number of ether oxygens (including phenoxy) is 1. The first-order valence-corrected chi connectivity index (χ1v) is 6.81.